The number of phenolic OH excluding ortho intramolecular Hbond substituents is 2. The van der Waals surface area contributed by atoms with E-state index in [4.69, 9.17) is 0 Å². The standard InChI is InChI=1S/C17H24NO3/c19-14-8-9-15(17(21)13-14)16(20)7-3-1-4-10-18-11-5-2-6-12-18/h2,8-9,13,19,21H,1,3-7,10-12H2. The Bertz CT molecular complexity index is 467. The highest BCUT2D eigenvalue weighted by molar-refractivity contribution is 5.98. The van der Waals surface area contributed by atoms with E-state index in [1.54, 1.807) is 0 Å². The number of carbonyl (C=O) groups excluding carboxylic acids is 1. The maximum absolute atomic E-state index is 12.0. The lowest BCUT2D eigenvalue weighted by molar-refractivity contribution is 0.0976. The van der Waals surface area contributed by atoms with E-state index < -0.39 is 0 Å². The molecule has 21 heavy (non-hydrogen) atoms. The number of rotatable bonds is 7. The first-order valence-electron chi connectivity index (χ1n) is 7.76. The number of likely N-dealkylation sites (tertiary alicyclic amines) is 1. The number of nitrogens with zero attached hydrogens (tertiary/aromatic N) is 1. The largest absolute Gasteiger partial charge is 0.508 e. The molecule has 1 heterocycles. The van der Waals surface area contributed by atoms with E-state index >= 15 is 0 Å². The van der Waals surface area contributed by atoms with Crippen molar-refractivity contribution in [2.75, 3.05) is 19.6 Å². The summed E-state index contributed by atoms with van der Waals surface area (Å²) in [7, 11) is 0. The number of benzene rings is 1. The summed E-state index contributed by atoms with van der Waals surface area (Å²) in [4.78, 5) is 14.5. The Kier molecular flexibility index (Phi) is 6.05. The van der Waals surface area contributed by atoms with Crippen molar-refractivity contribution >= 4 is 5.78 Å². The summed E-state index contributed by atoms with van der Waals surface area (Å²) in [5.41, 5.74) is 0.305. The van der Waals surface area contributed by atoms with Gasteiger partial charge in [0.25, 0.3) is 0 Å². The average Bonchev–Trinajstić information content (AvgIpc) is 2.47. The molecule has 2 rings (SSSR count). The summed E-state index contributed by atoms with van der Waals surface area (Å²) >= 11 is 0. The molecule has 1 saturated heterocycles. The van der Waals surface area contributed by atoms with Gasteiger partial charge in [-0.3, -0.25) is 4.79 Å². The molecule has 1 aliphatic rings. The Morgan fingerprint density at radius 2 is 1.86 bits per heavy atom. The lowest BCUT2D eigenvalue weighted by Crippen LogP contribution is -2.30. The van der Waals surface area contributed by atoms with Crippen molar-refractivity contribution in [3.05, 3.63) is 30.2 Å². The number of ketones is 1. The molecule has 0 bridgehead atoms. The Morgan fingerprint density at radius 1 is 1.10 bits per heavy atom. The average molecular weight is 290 g/mol. The van der Waals surface area contributed by atoms with Gasteiger partial charge in [0.05, 0.1) is 5.56 Å². The van der Waals surface area contributed by atoms with Crippen LogP contribution in [0.3, 0.4) is 0 Å². The van der Waals surface area contributed by atoms with Gasteiger partial charge in [-0.1, -0.05) is 6.42 Å². The molecule has 0 unspecified atom stereocenters. The van der Waals surface area contributed by atoms with E-state index in [1.807, 2.05) is 0 Å². The molecule has 4 heteroatoms. The minimum Gasteiger partial charge on any atom is -0.508 e. The van der Waals surface area contributed by atoms with Crippen LogP contribution >= 0.6 is 0 Å². The fourth-order valence-electron chi connectivity index (χ4n) is 2.72. The molecule has 0 amide bonds. The third-order valence-corrected chi connectivity index (χ3v) is 3.96. The molecule has 0 spiro atoms. The van der Waals surface area contributed by atoms with Crippen molar-refractivity contribution < 1.29 is 15.0 Å². The first kappa shape index (κ1) is 15.8. The van der Waals surface area contributed by atoms with Crippen LogP contribution < -0.4 is 0 Å². The maximum Gasteiger partial charge on any atom is 0.166 e. The molecule has 2 N–H and O–H groups in total. The number of aromatic hydroxyl groups is 2. The number of hydrogen-bond acceptors (Lipinski definition) is 4. The zero-order valence-electron chi connectivity index (χ0n) is 12.4. The van der Waals surface area contributed by atoms with Crippen LogP contribution in [0.4, 0.5) is 0 Å². The van der Waals surface area contributed by atoms with Gasteiger partial charge < -0.3 is 15.1 Å². The first-order valence-corrected chi connectivity index (χ1v) is 7.76. The number of unbranched alkanes of at least 4 members (excludes halogenated alkanes) is 2. The molecule has 1 fully saturated rings. The third kappa shape index (κ3) is 5.05. The second-order valence-corrected chi connectivity index (χ2v) is 5.64. The van der Waals surface area contributed by atoms with Crippen molar-refractivity contribution in [2.45, 2.75) is 38.5 Å². The summed E-state index contributed by atoms with van der Waals surface area (Å²) in [5.74, 6) is -0.215. The summed E-state index contributed by atoms with van der Waals surface area (Å²) < 4.78 is 0. The molecule has 115 valence electrons. The van der Waals surface area contributed by atoms with E-state index in [-0.39, 0.29) is 17.3 Å². The Balaban J connectivity index is 1.64. The van der Waals surface area contributed by atoms with Crippen LogP contribution in [0.25, 0.3) is 0 Å². The highest BCUT2D eigenvalue weighted by Gasteiger charge is 2.12. The molecule has 0 saturated carbocycles. The second kappa shape index (κ2) is 8.03. The molecule has 4 nitrogen and oxygen atoms in total. The van der Waals surface area contributed by atoms with Crippen LogP contribution in [0, 0.1) is 6.42 Å². The highest BCUT2D eigenvalue weighted by Crippen LogP contribution is 2.24. The molecular formula is C17H24NO3. The Morgan fingerprint density at radius 3 is 2.57 bits per heavy atom. The van der Waals surface area contributed by atoms with Gasteiger partial charge in [-0.25, -0.2) is 0 Å². The van der Waals surface area contributed by atoms with Crippen molar-refractivity contribution in [3.63, 3.8) is 0 Å². The number of carbonyl (C=O) groups is 1. The number of Topliss-reactive ketones (excluding diaryl/α,β-unsaturated/α-hetero) is 1. The van der Waals surface area contributed by atoms with Gasteiger partial charge in [0.15, 0.2) is 5.78 Å². The van der Waals surface area contributed by atoms with Gasteiger partial charge in [0.1, 0.15) is 11.5 Å². The van der Waals surface area contributed by atoms with Crippen molar-refractivity contribution in [1.29, 1.82) is 0 Å². The summed E-state index contributed by atoms with van der Waals surface area (Å²) in [6.45, 7) is 3.45. The molecule has 1 radical (unpaired) electrons. The molecule has 1 aromatic rings. The molecule has 1 aromatic carbocycles. The third-order valence-electron chi connectivity index (χ3n) is 3.96. The quantitative estimate of drug-likeness (QED) is 0.598. The van der Waals surface area contributed by atoms with Crippen molar-refractivity contribution in [3.8, 4) is 11.5 Å². The van der Waals surface area contributed by atoms with Crippen LogP contribution in [0.15, 0.2) is 18.2 Å². The van der Waals surface area contributed by atoms with Crippen LogP contribution in [0.5, 0.6) is 11.5 Å². The zero-order chi connectivity index (χ0) is 15.1. The topological polar surface area (TPSA) is 60.8 Å². The maximum atomic E-state index is 12.0. The summed E-state index contributed by atoms with van der Waals surface area (Å²) in [6, 6.07) is 4.12. The zero-order valence-corrected chi connectivity index (χ0v) is 12.4. The summed E-state index contributed by atoms with van der Waals surface area (Å²) in [5, 5.41) is 18.9. The molecule has 0 aromatic heterocycles. The Hall–Kier alpha value is -1.55. The Labute approximate surface area is 126 Å². The lowest BCUT2D eigenvalue weighted by Gasteiger charge is -2.26. The predicted octanol–water partition coefficient (Wildman–Crippen LogP) is 3.14. The van der Waals surface area contributed by atoms with E-state index in [9.17, 15) is 15.0 Å². The molecule has 0 aliphatic carbocycles. The van der Waals surface area contributed by atoms with E-state index in [0.29, 0.717) is 12.0 Å². The number of hydrogen-bond donors (Lipinski definition) is 2. The second-order valence-electron chi connectivity index (χ2n) is 5.64. The fourth-order valence-corrected chi connectivity index (χ4v) is 2.72. The minimum absolute atomic E-state index is 0.0252. The SMILES string of the molecule is O=C(CCCCCN1CC[CH]CC1)c1ccc(O)cc1O. The predicted molar refractivity (Wildman–Crippen MR) is 82.5 cm³/mol. The lowest BCUT2D eigenvalue weighted by atomic mass is 10.0. The van der Waals surface area contributed by atoms with Gasteiger partial charge in [-0.2, -0.15) is 0 Å². The van der Waals surface area contributed by atoms with Gasteiger partial charge in [0.2, 0.25) is 0 Å². The van der Waals surface area contributed by atoms with Gasteiger partial charge in [-0.05, 0) is 63.9 Å². The molecule has 1 aliphatic heterocycles. The van der Waals surface area contributed by atoms with Crippen molar-refractivity contribution in [2.24, 2.45) is 0 Å². The number of phenols is 2. The van der Waals surface area contributed by atoms with E-state index in [2.05, 4.69) is 11.3 Å². The fraction of sp³-hybridized carbons (Fsp3) is 0.529. The van der Waals surface area contributed by atoms with Gasteiger partial charge >= 0.3 is 0 Å². The monoisotopic (exact) mass is 290 g/mol. The number of piperidine rings is 1. The van der Waals surface area contributed by atoms with Gasteiger partial charge in [0, 0.05) is 12.5 Å². The first-order chi connectivity index (χ1) is 10.2. The highest BCUT2D eigenvalue weighted by atomic mass is 16.3. The molecule has 0 atom stereocenters. The van der Waals surface area contributed by atoms with Crippen LogP contribution in [-0.2, 0) is 0 Å². The van der Waals surface area contributed by atoms with Crippen LogP contribution in [0.2, 0.25) is 0 Å². The van der Waals surface area contributed by atoms with Crippen LogP contribution in [0.1, 0.15) is 48.9 Å². The van der Waals surface area contributed by atoms with Crippen molar-refractivity contribution in [1.82, 2.24) is 4.90 Å². The van der Waals surface area contributed by atoms with Crippen LogP contribution in [-0.4, -0.2) is 40.5 Å². The molecular weight excluding hydrogens is 266 g/mol. The normalized spacial score (nSPS) is 16.0. The summed E-state index contributed by atoms with van der Waals surface area (Å²) in [6.07, 6.45) is 8.18. The van der Waals surface area contributed by atoms with Gasteiger partial charge in [-0.15, -0.1) is 0 Å². The van der Waals surface area contributed by atoms with E-state index in [1.165, 1.54) is 44.1 Å². The van der Waals surface area contributed by atoms with E-state index in [0.717, 1.165) is 25.8 Å². The smallest absolute Gasteiger partial charge is 0.166 e. The minimum atomic E-state index is -0.135.